The van der Waals surface area contributed by atoms with Crippen LogP contribution in [0.15, 0.2) is 0 Å². The molecule has 0 saturated carbocycles. The number of ketones is 1. The first-order chi connectivity index (χ1) is 17.7. The van der Waals surface area contributed by atoms with Gasteiger partial charge in [0, 0.05) is 47.9 Å². The lowest BCUT2D eigenvalue weighted by Gasteiger charge is -2.46. The zero-order chi connectivity index (χ0) is 28.8. The lowest BCUT2D eigenvalue weighted by atomic mass is 9.78. The molecule has 0 radical (unpaired) electrons. The summed E-state index contributed by atoms with van der Waals surface area (Å²) in [5.74, 6) is -2.10. The van der Waals surface area contributed by atoms with Crippen LogP contribution in [0.1, 0.15) is 53.9 Å². The highest BCUT2D eigenvalue weighted by atomic mass is 32.2. The molecule has 10 nitrogen and oxygen atoms in total. The van der Waals surface area contributed by atoms with Crippen molar-refractivity contribution in [2.75, 3.05) is 46.4 Å². The summed E-state index contributed by atoms with van der Waals surface area (Å²) in [6.07, 6.45) is 0.566. The molecule has 2 aliphatic heterocycles. The van der Waals surface area contributed by atoms with E-state index < -0.39 is 52.7 Å². The van der Waals surface area contributed by atoms with Crippen molar-refractivity contribution >= 4 is 22.6 Å². The average Bonchev–Trinajstić information content (AvgIpc) is 2.86. The number of nitrogens with one attached hydrogen (secondary N) is 1. The van der Waals surface area contributed by atoms with Gasteiger partial charge in [-0.3, -0.25) is 13.8 Å². The summed E-state index contributed by atoms with van der Waals surface area (Å²) in [5.41, 5.74) is -0.925. The summed E-state index contributed by atoms with van der Waals surface area (Å²) in [7, 11) is 4.43. The Morgan fingerprint density at radius 2 is 1.87 bits per heavy atom. The van der Waals surface area contributed by atoms with Crippen LogP contribution in [-0.2, 0) is 39.3 Å². The maximum atomic E-state index is 13.6. The molecule has 4 unspecified atom stereocenters. The minimum absolute atomic E-state index is 0.0994. The first-order valence-corrected chi connectivity index (χ1v) is 15.4. The SMILES string of the molecule is CO[C@]1(C)C[C@@H](C)CN[C@H](CCS(C)=O)COC(=O)[C@H](C)C(=O)[C@H](C)[C@H]1O[C@@H]1OC(C)CC(N(C)C)C1O. The smallest absolute Gasteiger partial charge is 0.316 e. The first-order valence-electron chi connectivity index (χ1n) is 13.6. The summed E-state index contributed by atoms with van der Waals surface area (Å²) in [5, 5.41) is 14.6. The van der Waals surface area contributed by atoms with E-state index in [9.17, 15) is 18.9 Å². The van der Waals surface area contributed by atoms with E-state index in [1.165, 1.54) is 0 Å². The molecule has 2 fully saturated rings. The van der Waals surface area contributed by atoms with E-state index in [2.05, 4.69) is 12.2 Å². The van der Waals surface area contributed by atoms with Crippen LogP contribution in [0.3, 0.4) is 0 Å². The molecule has 0 aromatic carbocycles. The molecule has 2 saturated heterocycles. The van der Waals surface area contributed by atoms with E-state index >= 15 is 0 Å². The van der Waals surface area contributed by atoms with Crippen molar-refractivity contribution in [2.45, 2.75) is 96.2 Å². The molecule has 0 aromatic rings. The van der Waals surface area contributed by atoms with E-state index in [1.54, 1.807) is 27.2 Å². The maximum Gasteiger partial charge on any atom is 0.316 e. The van der Waals surface area contributed by atoms with Gasteiger partial charge in [0.05, 0.1) is 17.8 Å². The van der Waals surface area contributed by atoms with Gasteiger partial charge in [-0.2, -0.15) is 0 Å². The Morgan fingerprint density at radius 1 is 1.21 bits per heavy atom. The van der Waals surface area contributed by atoms with Gasteiger partial charge >= 0.3 is 5.97 Å². The zero-order valence-electron chi connectivity index (χ0n) is 24.6. The van der Waals surface area contributed by atoms with Crippen molar-refractivity contribution in [3.63, 3.8) is 0 Å². The van der Waals surface area contributed by atoms with Crippen molar-refractivity contribution in [1.82, 2.24) is 10.2 Å². The molecular weight excluding hydrogens is 512 g/mol. The molecule has 222 valence electrons. The lowest BCUT2D eigenvalue weighted by Crippen LogP contribution is -2.59. The quantitative estimate of drug-likeness (QED) is 0.347. The molecule has 0 amide bonds. The second-order valence-corrected chi connectivity index (χ2v) is 13.2. The van der Waals surface area contributed by atoms with Gasteiger partial charge < -0.3 is 34.3 Å². The standard InChI is InChI=1S/C27H50N2O8S/c1-16-13-27(5,34-8)24(37-26-23(31)21(29(6)7)12-17(2)36-26)18(3)22(30)19(4)25(32)35-15-20(28-14-16)10-11-38(9)33/h16-21,23-24,26,28,31H,10-15H2,1-9H3/t16-,17?,18+,19-,20-,21?,23?,24-,26+,27-,38?/m1/s1. The van der Waals surface area contributed by atoms with E-state index in [0.29, 0.717) is 31.6 Å². The largest absolute Gasteiger partial charge is 0.463 e. The third kappa shape index (κ3) is 8.78. The summed E-state index contributed by atoms with van der Waals surface area (Å²) in [6, 6.07) is -0.355. The second-order valence-electron chi connectivity index (χ2n) is 11.7. The minimum Gasteiger partial charge on any atom is -0.463 e. The fraction of sp³-hybridized carbons (Fsp3) is 0.926. The van der Waals surface area contributed by atoms with Crippen molar-refractivity contribution in [1.29, 1.82) is 0 Å². The summed E-state index contributed by atoms with van der Waals surface area (Å²) in [6.45, 7) is 9.89. The van der Waals surface area contributed by atoms with Crippen molar-refractivity contribution in [3.05, 3.63) is 0 Å². The van der Waals surface area contributed by atoms with Crippen LogP contribution in [0.2, 0.25) is 0 Å². The monoisotopic (exact) mass is 562 g/mol. The molecule has 2 N–H and O–H groups in total. The van der Waals surface area contributed by atoms with E-state index in [-0.39, 0.29) is 36.5 Å². The second kappa shape index (κ2) is 14.6. The number of ether oxygens (including phenoxy) is 4. The Bertz CT molecular complexity index is 814. The predicted molar refractivity (Wildman–Crippen MR) is 146 cm³/mol. The Labute approximate surface area is 230 Å². The number of hydrogen-bond acceptors (Lipinski definition) is 10. The number of esters is 1. The summed E-state index contributed by atoms with van der Waals surface area (Å²) >= 11 is 0. The predicted octanol–water partition coefficient (Wildman–Crippen LogP) is 1.35. The van der Waals surface area contributed by atoms with Gasteiger partial charge in [0.1, 0.15) is 18.6 Å². The number of aliphatic hydroxyl groups is 1. The Hall–Kier alpha value is -0.950. The van der Waals surface area contributed by atoms with Crippen LogP contribution in [0.4, 0.5) is 0 Å². The van der Waals surface area contributed by atoms with E-state index in [1.807, 2.05) is 32.8 Å². The van der Waals surface area contributed by atoms with Crippen LogP contribution in [0, 0.1) is 17.8 Å². The van der Waals surface area contributed by atoms with Crippen LogP contribution in [0.5, 0.6) is 0 Å². The third-order valence-electron chi connectivity index (χ3n) is 8.00. The number of hydrogen-bond donors (Lipinski definition) is 2. The average molecular weight is 563 g/mol. The van der Waals surface area contributed by atoms with Crippen LogP contribution >= 0.6 is 0 Å². The van der Waals surface area contributed by atoms with Gasteiger partial charge in [-0.1, -0.05) is 13.8 Å². The fourth-order valence-electron chi connectivity index (χ4n) is 5.56. The van der Waals surface area contributed by atoms with Gasteiger partial charge in [0.2, 0.25) is 0 Å². The minimum atomic E-state index is -1.01. The third-order valence-corrected chi connectivity index (χ3v) is 8.81. The van der Waals surface area contributed by atoms with Crippen LogP contribution in [-0.4, -0.2) is 115 Å². The number of methoxy groups -OCH3 is 1. The van der Waals surface area contributed by atoms with Crippen molar-refractivity contribution in [2.24, 2.45) is 17.8 Å². The van der Waals surface area contributed by atoms with Gasteiger partial charge in [-0.25, -0.2) is 0 Å². The van der Waals surface area contributed by atoms with Gasteiger partial charge in [-0.15, -0.1) is 0 Å². The van der Waals surface area contributed by atoms with Gasteiger partial charge in [-0.05, 0) is 66.6 Å². The summed E-state index contributed by atoms with van der Waals surface area (Å²) < 4.78 is 35.8. The van der Waals surface area contributed by atoms with E-state index in [4.69, 9.17) is 18.9 Å². The number of carbonyl (C=O) groups excluding carboxylic acids is 2. The molecule has 38 heavy (non-hydrogen) atoms. The number of aliphatic hydroxyl groups excluding tert-OH is 1. The molecule has 0 bridgehead atoms. The molecule has 0 spiro atoms. The highest BCUT2D eigenvalue weighted by Crippen LogP contribution is 2.36. The molecule has 0 aromatic heterocycles. The number of carbonyl (C=O) groups is 2. The number of Topliss-reactive ketones (excluding diaryl/α,β-unsaturated/α-hetero) is 1. The maximum absolute atomic E-state index is 13.6. The molecule has 0 aliphatic carbocycles. The molecule has 2 aliphatic rings. The fourth-order valence-corrected chi connectivity index (χ4v) is 6.17. The van der Waals surface area contributed by atoms with Crippen molar-refractivity contribution in [3.8, 4) is 0 Å². The number of cyclic esters (lactones) is 1. The van der Waals surface area contributed by atoms with Crippen LogP contribution in [0.25, 0.3) is 0 Å². The number of rotatable bonds is 7. The molecule has 2 heterocycles. The highest BCUT2D eigenvalue weighted by Gasteiger charge is 2.48. The number of likely N-dealkylation sites (N-methyl/N-ethyl adjacent to an activating group) is 1. The number of nitrogens with zero attached hydrogens (tertiary/aromatic N) is 1. The summed E-state index contributed by atoms with van der Waals surface area (Å²) in [4.78, 5) is 28.4. The highest BCUT2D eigenvalue weighted by molar-refractivity contribution is 7.84. The lowest BCUT2D eigenvalue weighted by molar-refractivity contribution is -0.295. The zero-order valence-corrected chi connectivity index (χ0v) is 25.4. The van der Waals surface area contributed by atoms with E-state index in [0.717, 1.165) is 0 Å². The molecular formula is C27H50N2O8S. The van der Waals surface area contributed by atoms with Gasteiger partial charge in [0.15, 0.2) is 12.1 Å². The normalized spacial score (nSPS) is 41.1. The topological polar surface area (TPSA) is 124 Å². The Balaban J connectivity index is 2.40. The van der Waals surface area contributed by atoms with Gasteiger partial charge in [0.25, 0.3) is 0 Å². The molecule has 11 atom stereocenters. The van der Waals surface area contributed by atoms with Crippen molar-refractivity contribution < 1.29 is 37.9 Å². The molecule has 2 rings (SSSR count). The van der Waals surface area contributed by atoms with Crippen LogP contribution < -0.4 is 5.32 Å². The Morgan fingerprint density at radius 3 is 2.45 bits per heavy atom. The Kier molecular flexibility index (Phi) is 12.8. The first kappa shape index (κ1) is 33.3. The molecule has 11 heteroatoms.